The van der Waals surface area contributed by atoms with E-state index < -0.39 is 0 Å². The first-order valence-corrected chi connectivity index (χ1v) is 5.55. The third kappa shape index (κ3) is 2.17. The topological polar surface area (TPSA) is 69.6 Å². The lowest BCUT2D eigenvalue weighted by molar-refractivity contribution is -0.115. The summed E-state index contributed by atoms with van der Waals surface area (Å²) in [4.78, 5) is 11.8. The molecule has 1 heterocycles. The van der Waals surface area contributed by atoms with Crippen LogP contribution in [0.2, 0.25) is 0 Å². The molecule has 0 aromatic heterocycles. The number of hydrogen-bond acceptors (Lipinski definition) is 5. The minimum absolute atomic E-state index is 0.0290. The van der Waals surface area contributed by atoms with E-state index in [1.807, 2.05) is 0 Å². The van der Waals surface area contributed by atoms with E-state index in [0.717, 1.165) is 11.8 Å². The van der Waals surface area contributed by atoms with Gasteiger partial charge in [-0.3, -0.25) is 4.79 Å². The average Bonchev–Trinajstić information content (AvgIpc) is 2.50. The van der Waals surface area contributed by atoms with E-state index >= 15 is 0 Å². The molecular formula is C10H7NO3S2. The van der Waals surface area contributed by atoms with Crippen molar-refractivity contribution in [3.63, 3.8) is 0 Å². The van der Waals surface area contributed by atoms with Crippen LogP contribution in [0.25, 0.3) is 6.08 Å². The van der Waals surface area contributed by atoms with Crippen molar-refractivity contribution >= 4 is 40.3 Å². The van der Waals surface area contributed by atoms with Crippen molar-refractivity contribution in [3.8, 4) is 11.5 Å². The summed E-state index contributed by atoms with van der Waals surface area (Å²) in [5.74, 6) is -0.389. The van der Waals surface area contributed by atoms with Gasteiger partial charge in [0.05, 0.1) is 4.91 Å². The summed E-state index contributed by atoms with van der Waals surface area (Å²) in [5.41, 5.74) is 0.458. The normalized spacial score (nSPS) is 17.9. The van der Waals surface area contributed by atoms with Gasteiger partial charge in [-0.05, 0) is 18.2 Å². The molecule has 16 heavy (non-hydrogen) atoms. The Labute approximate surface area is 101 Å². The third-order valence-corrected chi connectivity index (χ3v) is 3.11. The number of nitrogens with one attached hydrogen (secondary N) is 1. The molecule has 1 aliphatic rings. The lowest BCUT2D eigenvalue weighted by Gasteiger charge is -2.00. The van der Waals surface area contributed by atoms with Crippen LogP contribution < -0.4 is 5.32 Å². The molecule has 4 nitrogen and oxygen atoms in total. The van der Waals surface area contributed by atoms with Gasteiger partial charge >= 0.3 is 0 Å². The predicted octanol–water partition coefficient (Wildman–Crippen LogP) is 1.59. The number of phenolic OH excluding ortho intramolecular Hbond substituents is 2. The molecule has 0 unspecified atom stereocenters. The molecule has 0 spiro atoms. The quantitative estimate of drug-likeness (QED) is 0.524. The second-order valence-corrected chi connectivity index (χ2v) is 4.81. The largest absolute Gasteiger partial charge is 0.508 e. The zero-order chi connectivity index (χ0) is 11.7. The standard InChI is InChI=1S/C10H7NO3S2/c12-6-2-1-5(7(13)4-6)3-8-9(14)11-10(15)16-8/h1-4,12-13H,(H,11,14,15)/b8-3-. The molecule has 1 amide bonds. The van der Waals surface area contributed by atoms with E-state index in [2.05, 4.69) is 5.32 Å². The SMILES string of the molecule is O=C1NC(=S)S/C1=C\c1ccc(O)cc1O. The van der Waals surface area contributed by atoms with Crippen LogP contribution in [0, 0.1) is 0 Å². The maximum absolute atomic E-state index is 11.3. The molecule has 1 saturated heterocycles. The zero-order valence-electron chi connectivity index (χ0n) is 7.93. The summed E-state index contributed by atoms with van der Waals surface area (Å²) in [6.45, 7) is 0. The van der Waals surface area contributed by atoms with Crippen molar-refractivity contribution in [2.75, 3.05) is 0 Å². The first-order chi connectivity index (χ1) is 7.56. The molecular weight excluding hydrogens is 246 g/mol. The number of benzene rings is 1. The van der Waals surface area contributed by atoms with Gasteiger partial charge in [-0.25, -0.2) is 0 Å². The zero-order valence-corrected chi connectivity index (χ0v) is 9.56. The Morgan fingerprint density at radius 3 is 2.69 bits per heavy atom. The maximum atomic E-state index is 11.3. The number of aromatic hydroxyl groups is 2. The summed E-state index contributed by atoms with van der Waals surface area (Å²) in [6, 6.07) is 4.16. The first kappa shape index (κ1) is 11.0. The number of carbonyl (C=O) groups is 1. The highest BCUT2D eigenvalue weighted by Gasteiger charge is 2.22. The number of hydrogen-bond donors (Lipinski definition) is 3. The van der Waals surface area contributed by atoms with Gasteiger partial charge < -0.3 is 15.5 Å². The van der Waals surface area contributed by atoms with E-state index in [1.165, 1.54) is 24.3 Å². The summed E-state index contributed by atoms with van der Waals surface area (Å²) in [6.07, 6.45) is 1.52. The first-order valence-electron chi connectivity index (χ1n) is 4.33. The highest BCUT2D eigenvalue weighted by Crippen LogP contribution is 2.30. The van der Waals surface area contributed by atoms with E-state index in [0.29, 0.717) is 14.8 Å². The van der Waals surface area contributed by atoms with Crippen molar-refractivity contribution < 1.29 is 15.0 Å². The molecule has 0 atom stereocenters. The molecule has 6 heteroatoms. The Bertz CT molecular complexity index is 511. The minimum atomic E-state index is -0.275. The van der Waals surface area contributed by atoms with E-state index in [4.69, 9.17) is 17.3 Å². The van der Waals surface area contributed by atoms with Gasteiger partial charge in [-0.15, -0.1) is 0 Å². The molecule has 0 bridgehead atoms. The fourth-order valence-corrected chi connectivity index (χ4v) is 2.25. The fourth-order valence-electron chi connectivity index (χ4n) is 1.22. The molecule has 1 aromatic rings. The van der Waals surface area contributed by atoms with Gasteiger partial charge in [0.1, 0.15) is 15.8 Å². The van der Waals surface area contributed by atoms with Crippen LogP contribution in [0.15, 0.2) is 23.1 Å². The lowest BCUT2D eigenvalue weighted by atomic mass is 10.2. The van der Waals surface area contributed by atoms with Crippen molar-refractivity contribution in [2.24, 2.45) is 0 Å². The third-order valence-electron chi connectivity index (χ3n) is 1.94. The van der Waals surface area contributed by atoms with Crippen LogP contribution >= 0.6 is 24.0 Å². The Hall–Kier alpha value is -1.53. The van der Waals surface area contributed by atoms with Gasteiger partial charge in [-0.2, -0.15) is 0 Å². The molecule has 0 aliphatic carbocycles. The van der Waals surface area contributed by atoms with Gasteiger partial charge in [0, 0.05) is 11.6 Å². The number of carbonyl (C=O) groups excluding carboxylic acids is 1. The Morgan fingerprint density at radius 2 is 2.12 bits per heavy atom. The van der Waals surface area contributed by atoms with Crippen LogP contribution in [-0.2, 0) is 4.79 Å². The van der Waals surface area contributed by atoms with Crippen molar-refractivity contribution in [1.29, 1.82) is 0 Å². The number of phenols is 2. The van der Waals surface area contributed by atoms with Gasteiger partial charge in [0.25, 0.3) is 5.91 Å². The van der Waals surface area contributed by atoms with E-state index in [9.17, 15) is 9.90 Å². The molecule has 2 rings (SSSR count). The molecule has 0 radical (unpaired) electrons. The van der Waals surface area contributed by atoms with E-state index in [-0.39, 0.29) is 17.4 Å². The van der Waals surface area contributed by atoms with Crippen LogP contribution in [0.1, 0.15) is 5.56 Å². The van der Waals surface area contributed by atoms with Crippen molar-refractivity contribution in [3.05, 3.63) is 28.7 Å². The minimum Gasteiger partial charge on any atom is -0.508 e. The molecule has 82 valence electrons. The highest BCUT2D eigenvalue weighted by atomic mass is 32.2. The van der Waals surface area contributed by atoms with Crippen LogP contribution in [0.3, 0.4) is 0 Å². The molecule has 1 fully saturated rings. The Kier molecular flexibility index (Phi) is 2.84. The summed E-state index contributed by atoms with van der Waals surface area (Å²) in [5, 5.41) is 21.1. The molecule has 1 aliphatic heterocycles. The lowest BCUT2D eigenvalue weighted by Crippen LogP contribution is -2.17. The monoisotopic (exact) mass is 253 g/mol. The van der Waals surface area contributed by atoms with Gasteiger partial charge in [-0.1, -0.05) is 24.0 Å². The van der Waals surface area contributed by atoms with Crippen molar-refractivity contribution in [2.45, 2.75) is 0 Å². The smallest absolute Gasteiger partial charge is 0.263 e. The number of thioether (sulfide) groups is 1. The fraction of sp³-hybridized carbons (Fsp3) is 0. The maximum Gasteiger partial charge on any atom is 0.263 e. The number of rotatable bonds is 1. The molecule has 3 N–H and O–H groups in total. The predicted molar refractivity (Wildman–Crippen MR) is 66.1 cm³/mol. The Balaban J connectivity index is 2.36. The molecule has 0 saturated carbocycles. The number of thiocarbonyl (C=S) groups is 1. The summed E-state index contributed by atoms with van der Waals surface area (Å²) in [7, 11) is 0. The summed E-state index contributed by atoms with van der Waals surface area (Å²) >= 11 is 5.97. The number of amides is 1. The molecule has 1 aromatic carbocycles. The second kappa shape index (κ2) is 4.15. The van der Waals surface area contributed by atoms with E-state index in [1.54, 1.807) is 0 Å². The van der Waals surface area contributed by atoms with Crippen LogP contribution in [0.5, 0.6) is 11.5 Å². The van der Waals surface area contributed by atoms with Gasteiger partial charge in [0.15, 0.2) is 0 Å². The Morgan fingerprint density at radius 1 is 1.38 bits per heavy atom. The van der Waals surface area contributed by atoms with Crippen LogP contribution in [0.4, 0.5) is 0 Å². The van der Waals surface area contributed by atoms with Crippen LogP contribution in [-0.4, -0.2) is 20.4 Å². The average molecular weight is 253 g/mol. The summed E-state index contributed by atoms with van der Waals surface area (Å²) < 4.78 is 0.398. The van der Waals surface area contributed by atoms with Gasteiger partial charge in [0.2, 0.25) is 0 Å². The highest BCUT2D eigenvalue weighted by molar-refractivity contribution is 8.26. The van der Waals surface area contributed by atoms with Crippen molar-refractivity contribution in [1.82, 2.24) is 5.32 Å². The second-order valence-electron chi connectivity index (χ2n) is 3.10.